The summed E-state index contributed by atoms with van der Waals surface area (Å²) in [4.78, 5) is 48.3. The van der Waals surface area contributed by atoms with E-state index in [4.69, 9.17) is 4.74 Å². The number of imide groups is 1. The minimum atomic E-state index is -0.838. The standard InChI is InChI=1S/C20H26N4O5/c1-3-5-6-9-12-24-18(26)15-11-8-7-10-14(15)17(23-24)19(27)29-13-16(25)22-20(28)21-4-2/h7-8,10-11H,3-6,9,12-13H2,1-2H3,(H2,21,22,25,28). The maximum absolute atomic E-state index is 12.7. The molecule has 29 heavy (non-hydrogen) atoms. The quantitative estimate of drug-likeness (QED) is 0.489. The summed E-state index contributed by atoms with van der Waals surface area (Å²) in [5.41, 5.74) is -0.316. The highest BCUT2D eigenvalue weighted by Gasteiger charge is 2.19. The van der Waals surface area contributed by atoms with Crippen molar-refractivity contribution in [2.75, 3.05) is 13.2 Å². The van der Waals surface area contributed by atoms with Crippen LogP contribution in [-0.4, -0.2) is 40.8 Å². The fourth-order valence-electron chi connectivity index (χ4n) is 2.79. The van der Waals surface area contributed by atoms with Crippen molar-refractivity contribution in [3.8, 4) is 0 Å². The van der Waals surface area contributed by atoms with E-state index in [0.717, 1.165) is 25.7 Å². The van der Waals surface area contributed by atoms with Crippen molar-refractivity contribution in [1.82, 2.24) is 20.4 Å². The number of aromatic nitrogens is 2. The lowest BCUT2D eigenvalue weighted by Gasteiger charge is -2.11. The lowest BCUT2D eigenvalue weighted by molar-refractivity contribution is -0.123. The molecule has 3 amide bonds. The summed E-state index contributed by atoms with van der Waals surface area (Å²) in [6.07, 6.45) is 3.84. The van der Waals surface area contributed by atoms with Gasteiger partial charge in [0, 0.05) is 18.5 Å². The number of esters is 1. The minimum Gasteiger partial charge on any atom is -0.451 e. The van der Waals surface area contributed by atoms with E-state index in [-0.39, 0.29) is 11.3 Å². The largest absolute Gasteiger partial charge is 0.451 e. The van der Waals surface area contributed by atoms with Gasteiger partial charge in [0.05, 0.1) is 5.39 Å². The van der Waals surface area contributed by atoms with Gasteiger partial charge in [0.25, 0.3) is 11.5 Å². The zero-order valence-corrected chi connectivity index (χ0v) is 16.7. The van der Waals surface area contributed by atoms with E-state index in [1.165, 1.54) is 4.68 Å². The SMILES string of the molecule is CCCCCCn1nc(C(=O)OCC(=O)NC(=O)NCC)c2ccccc2c1=O. The zero-order chi connectivity index (χ0) is 21.2. The number of urea groups is 1. The van der Waals surface area contributed by atoms with E-state index < -0.39 is 24.5 Å². The van der Waals surface area contributed by atoms with Crippen LogP contribution in [0, 0.1) is 0 Å². The molecule has 156 valence electrons. The van der Waals surface area contributed by atoms with Gasteiger partial charge in [-0.2, -0.15) is 5.10 Å². The van der Waals surface area contributed by atoms with Crippen LogP contribution >= 0.6 is 0 Å². The smallest absolute Gasteiger partial charge is 0.359 e. The van der Waals surface area contributed by atoms with Gasteiger partial charge in [-0.05, 0) is 19.4 Å². The lowest BCUT2D eigenvalue weighted by atomic mass is 10.1. The number of fused-ring (bicyclic) bond motifs is 1. The van der Waals surface area contributed by atoms with Crippen LogP contribution in [-0.2, 0) is 16.1 Å². The first-order valence-corrected chi connectivity index (χ1v) is 9.72. The molecule has 0 aliphatic carbocycles. The summed E-state index contributed by atoms with van der Waals surface area (Å²) in [6, 6.07) is 5.96. The van der Waals surface area contributed by atoms with Crippen molar-refractivity contribution in [2.24, 2.45) is 0 Å². The number of amides is 3. The van der Waals surface area contributed by atoms with Crippen LogP contribution in [0.2, 0.25) is 0 Å². The predicted octanol–water partition coefficient (Wildman–Crippen LogP) is 1.98. The second kappa shape index (κ2) is 10.9. The molecule has 2 aromatic rings. The topological polar surface area (TPSA) is 119 Å². The molecule has 0 fully saturated rings. The number of benzene rings is 1. The Hall–Kier alpha value is -3.23. The van der Waals surface area contributed by atoms with Crippen LogP contribution in [0.4, 0.5) is 4.79 Å². The maximum Gasteiger partial charge on any atom is 0.359 e. The van der Waals surface area contributed by atoms with Gasteiger partial charge in [-0.1, -0.05) is 44.4 Å². The molecule has 0 unspecified atom stereocenters. The Morgan fingerprint density at radius 2 is 1.79 bits per heavy atom. The number of hydrogen-bond acceptors (Lipinski definition) is 6. The van der Waals surface area contributed by atoms with Gasteiger partial charge in [-0.15, -0.1) is 0 Å². The van der Waals surface area contributed by atoms with E-state index in [2.05, 4.69) is 17.3 Å². The molecule has 1 aromatic heterocycles. The number of carbonyl (C=O) groups is 3. The fraction of sp³-hybridized carbons (Fsp3) is 0.450. The van der Waals surface area contributed by atoms with Crippen molar-refractivity contribution in [3.63, 3.8) is 0 Å². The number of unbranched alkanes of at least 4 members (excludes halogenated alkanes) is 3. The summed E-state index contributed by atoms with van der Waals surface area (Å²) in [5, 5.41) is 9.34. The molecule has 1 aromatic carbocycles. The highest BCUT2D eigenvalue weighted by molar-refractivity contribution is 6.03. The Bertz CT molecular complexity index is 938. The molecule has 9 nitrogen and oxygen atoms in total. The molecule has 0 saturated heterocycles. The summed E-state index contributed by atoms with van der Waals surface area (Å²) in [5.74, 6) is -1.60. The maximum atomic E-state index is 12.7. The molecule has 0 aliphatic heterocycles. The molecule has 0 spiro atoms. The second-order valence-corrected chi connectivity index (χ2v) is 6.47. The van der Waals surface area contributed by atoms with Crippen molar-refractivity contribution in [1.29, 1.82) is 0 Å². The van der Waals surface area contributed by atoms with E-state index in [1.54, 1.807) is 31.2 Å². The average molecular weight is 402 g/mol. The number of hydrogen-bond donors (Lipinski definition) is 2. The Labute approximate surface area is 168 Å². The third-order valence-electron chi connectivity index (χ3n) is 4.21. The molecular weight excluding hydrogens is 376 g/mol. The van der Waals surface area contributed by atoms with Crippen LogP contribution in [0.1, 0.15) is 50.0 Å². The van der Waals surface area contributed by atoms with Crippen molar-refractivity contribution in [3.05, 3.63) is 40.3 Å². The zero-order valence-electron chi connectivity index (χ0n) is 16.7. The van der Waals surface area contributed by atoms with Gasteiger partial charge in [-0.25, -0.2) is 14.3 Å². The van der Waals surface area contributed by atoms with Gasteiger partial charge in [-0.3, -0.25) is 14.9 Å². The number of carbonyl (C=O) groups excluding carboxylic acids is 3. The minimum absolute atomic E-state index is 0.0403. The van der Waals surface area contributed by atoms with Crippen molar-refractivity contribution < 1.29 is 19.1 Å². The number of aryl methyl sites for hydroxylation is 1. The van der Waals surface area contributed by atoms with Crippen LogP contribution in [0.3, 0.4) is 0 Å². The monoisotopic (exact) mass is 402 g/mol. The van der Waals surface area contributed by atoms with E-state index in [9.17, 15) is 19.2 Å². The summed E-state index contributed by atoms with van der Waals surface area (Å²) in [7, 11) is 0. The molecule has 0 saturated carbocycles. The lowest BCUT2D eigenvalue weighted by Crippen LogP contribution is -2.41. The van der Waals surface area contributed by atoms with Crippen LogP contribution in [0.25, 0.3) is 10.8 Å². The molecule has 0 aliphatic rings. The number of rotatable bonds is 9. The summed E-state index contributed by atoms with van der Waals surface area (Å²) in [6.45, 7) is 3.91. The molecule has 9 heteroatoms. The number of ether oxygens (including phenoxy) is 1. The Morgan fingerprint density at radius 3 is 2.48 bits per heavy atom. The van der Waals surface area contributed by atoms with Gasteiger partial charge in [0.15, 0.2) is 12.3 Å². The normalized spacial score (nSPS) is 10.6. The molecule has 0 atom stereocenters. The third kappa shape index (κ3) is 6.13. The molecule has 2 N–H and O–H groups in total. The average Bonchev–Trinajstić information content (AvgIpc) is 2.71. The molecule has 0 radical (unpaired) electrons. The molecule has 0 bridgehead atoms. The summed E-state index contributed by atoms with van der Waals surface area (Å²) < 4.78 is 6.27. The number of nitrogens with one attached hydrogen (secondary N) is 2. The Balaban J connectivity index is 2.18. The third-order valence-corrected chi connectivity index (χ3v) is 4.21. The second-order valence-electron chi connectivity index (χ2n) is 6.47. The van der Waals surface area contributed by atoms with E-state index in [1.807, 2.05) is 5.32 Å². The van der Waals surface area contributed by atoms with Crippen LogP contribution in [0.15, 0.2) is 29.1 Å². The van der Waals surface area contributed by atoms with Crippen molar-refractivity contribution >= 4 is 28.7 Å². The molecule has 2 rings (SSSR count). The first-order valence-electron chi connectivity index (χ1n) is 9.72. The highest BCUT2D eigenvalue weighted by atomic mass is 16.5. The Kier molecular flexibility index (Phi) is 8.32. The number of nitrogens with zero attached hydrogens (tertiary/aromatic N) is 2. The van der Waals surface area contributed by atoms with Gasteiger partial charge >= 0.3 is 12.0 Å². The van der Waals surface area contributed by atoms with Gasteiger partial charge in [0.1, 0.15) is 0 Å². The van der Waals surface area contributed by atoms with Crippen LogP contribution < -0.4 is 16.2 Å². The molecule has 1 heterocycles. The Morgan fingerprint density at radius 1 is 1.07 bits per heavy atom. The molecular formula is C20H26N4O5. The van der Waals surface area contributed by atoms with Gasteiger partial charge < -0.3 is 10.1 Å². The van der Waals surface area contributed by atoms with Gasteiger partial charge in [0.2, 0.25) is 0 Å². The van der Waals surface area contributed by atoms with Crippen molar-refractivity contribution in [2.45, 2.75) is 46.1 Å². The van der Waals surface area contributed by atoms with Crippen LogP contribution in [0.5, 0.6) is 0 Å². The fourth-order valence-corrected chi connectivity index (χ4v) is 2.79. The highest BCUT2D eigenvalue weighted by Crippen LogP contribution is 2.14. The predicted molar refractivity (Wildman–Crippen MR) is 108 cm³/mol. The summed E-state index contributed by atoms with van der Waals surface area (Å²) >= 11 is 0. The first kappa shape index (κ1) is 22.1. The van der Waals surface area contributed by atoms with E-state index in [0.29, 0.717) is 23.9 Å². The van der Waals surface area contributed by atoms with E-state index >= 15 is 0 Å². The first-order chi connectivity index (χ1) is 14.0.